The highest BCUT2D eigenvalue weighted by molar-refractivity contribution is 8.01. The van der Waals surface area contributed by atoms with E-state index in [4.69, 9.17) is 0 Å². The van der Waals surface area contributed by atoms with Gasteiger partial charge >= 0.3 is 35.5 Å². The predicted octanol–water partition coefficient (Wildman–Crippen LogP) is 4.92. The quantitative estimate of drug-likeness (QED) is 0.405. The van der Waals surface area contributed by atoms with Gasteiger partial charge in [-0.05, 0) is 0 Å². The Labute approximate surface area is 164 Å². The van der Waals surface area contributed by atoms with E-state index >= 15 is 0 Å². The summed E-state index contributed by atoms with van der Waals surface area (Å²) in [5, 5.41) is -12.3. The van der Waals surface area contributed by atoms with Gasteiger partial charge in [0, 0.05) is 0 Å². The van der Waals surface area contributed by atoms with Crippen LogP contribution in [0.5, 0.6) is 0 Å². The monoisotopic (exact) mass is 516 g/mol. The first-order valence-electron chi connectivity index (χ1n) is 7.42. The summed E-state index contributed by atoms with van der Waals surface area (Å²) >= 11 is -2.83. The van der Waals surface area contributed by atoms with Crippen LogP contribution in [0, 0.1) is 0 Å². The van der Waals surface area contributed by atoms with Gasteiger partial charge in [-0.3, -0.25) is 11.5 Å². The number of hydrogen-bond donors (Lipinski definition) is 2. The number of thioether (sulfide) groups is 1. The molecule has 0 heterocycles. The molecule has 0 spiro atoms. The van der Waals surface area contributed by atoms with E-state index in [1.807, 2.05) is 0 Å². The maximum absolute atomic E-state index is 14.6. The van der Waals surface area contributed by atoms with Crippen LogP contribution in [0.25, 0.3) is 0 Å². The molecular weight excluding hydrogens is 508 g/mol. The predicted molar refractivity (Wildman–Crippen MR) is 70.2 cm³/mol. The summed E-state index contributed by atoms with van der Waals surface area (Å²) in [7, 11) is 0. The summed E-state index contributed by atoms with van der Waals surface area (Å²) in [6.07, 6.45) is -7.30. The smallest absolute Gasteiger partial charge is 0.289 e. The van der Waals surface area contributed by atoms with E-state index in [1.54, 1.807) is 0 Å². The summed E-state index contributed by atoms with van der Waals surface area (Å²) in [4.78, 5) is 0. The second-order valence-electron chi connectivity index (χ2n) is 7.04. The minimum absolute atomic E-state index is 2.83. The summed E-state index contributed by atoms with van der Waals surface area (Å²) in [5.41, 5.74) is 7.60. The molecule has 0 amide bonds. The van der Waals surface area contributed by atoms with E-state index < -0.39 is 81.7 Å². The molecule has 2 rings (SSSR count). The zero-order valence-electron chi connectivity index (χ0n) is 14.0. The molecule has 4 N–H and O–H groups in total. The third-order valence-electron chi connectivity index (χ3n) is 4.93. The van der Waals surface area contributed by atoms with Crippen LogP contribution in [0.2, 0.25) is 0 Å². The van der Waals surface area contributed by atoms with E-state index in [-0.39, 0.29) is 0 Å². The zero-order valence-corrected chi connectivity index (χ0v) is 14.8. The van der Waals surface area contributed by atoms with Crippen LogP contribution < -0.4 is 11.5 Å². The molecule has 2 nitrogen and oxygen atoms in total. The minimum Gasteiger partial charge on any atom is -0.289 e. The summed E-state index contributed by atoms with van der Waals surface area (Å²) in [6, 6.07) is 0. The van der Waals surface area contributed by atoms with Crippen molar-refractivity contribution in [1.82, 2.24) is 0 Å². The fourth-order valence-corrected chi connectivity index (χ4v) is 4.42. The van der Waals surface area contributed by atoms with Gasteiger partial charge in [0.05, 0.1) is 12.8 Å². The summed E-state index contributed by atoms with van der Waals surface area (Å²) in [5.74, 6) is -52.3. The molecular formula is C12H8F16N2S. The van der Waals surface area contributed by atoms with Crippen LogP contribution >= 0.6 is 11.8 Å². The lowest BCUT2D eigenvalue weighted by molar-refractivity contribution is -0.382. The first kappa shape index (κ1) is 26.4. The molecule has 4 atom stereocenters. The van der Waals surface area contributed by atoms with Crippen LogP contribution in [0.3, 0.4) is 0 Å². The van der Waals surface area contributed by atoms with Gasteiger partial charge in [-0.15, -0.1) is 0 Å². The molecule has 2 aliphatic carbocycles. The number of halogens is 16. The maximum Gasteiger partial charge on any atom is 0.366 e. The Morgan fingerprint density at radius 3 is 0.871 bits per heavy atom. The van der Waals surface area contributed by atoms with Gasteiger partial charge in [0.1, 0.15) is 0 Å². The normalized spacial score (nSPS) is 47.0. The highest BCUT2D eigenvalue weighted by Crippen LogP contribution is 2.72. The van der Waals surface area contributed by atoms with E-state index in [0.29, 0.717) is 0 Å². The van der Waals surface area contributed by atoms with E-state index in [1.165, 1.54) is 0 Å². The Bertz CT molecular complexity index is 704. The van der Waals surface area contributed by atoms with Crippen LogP contribution in [-0.4, -0.2) is 57.1 Å². The van der Waals surface area contributed by atoms with Gasteiger partial charge in [0.25, 0.3) is 11.6 Å². The summed E-state index contributed by atoms with van der Waals surface area (Å²) < 4.78 is 220. The van der Waals surface area contributed by atoms with Crippen molar-refractivity contribution in [3.8, 4) is 0 Å². The van der Waals surface area contributed by atoms with Crippen molar-refractivity contribution in [2.24, 2.45) is 11.5 Å². The van der Waals surface area contributed by atoms with Gasteiger partial charge in [-0.2, -0.15) is 35.1 Å². The molecule has 0 saturated heterocycles. The van der Waals surface area contributed by atoms with Gasteiger partial charge in [0.2, 0.25) is 10.0 Å². The van der Waals surface area contributed by atoms with Gasteiger partial charge in [-0.1, -0.05) is 11.8 Å². The van der Waals surface area contributed by atoms with Crippen LogP contribution in [0.4, 0.5) is 70.2 Å². The van der Waals surface area contributed by atoms with Crippen molar-refractivity contribution in [1.29, 1.82) is 0 Å². The van der Waals surface area contributed by atoms with E-state index in [2.05, 4.69) is 11.5 Å². The van der Waals surface area contributed by atoms with Crippen molar-refractivity contribution in [2.45, 2.75) is 70.0 Å². The Kier molecular flexibility index (Phi) is 5.09. The Morgan fingerprint density at radius 2 is 0.645 bits per heavy atom. The molecule has 2 aliphatic rings. The molecule has 0 aromatic heterocycles. The molecule has 0 aliphatic heterocycles. The SMILES string of the molecule is NC1(F)C(F)(F)CC(F)(SC2(F)CC(F)(F)C(N)(F)C(F)(F)C2(F)F)C(F)(F)C1(F)F. The van der Waals surface area contributed by atoms with Crippen molar-refractivity contribution in [3.63, 3.8) is 0 Å². The van der Waals surface area contributed by atoms with Gasteiger partial charge < -0.3 is 0 Å². The number of hydrogen-bond acceptors (Lipinski definition) is 3. The van der Waals surface area contributed by atoms with Crippen molar-refractivity contribution < 1.29 is 70.2 Å². The molecule has 2 saturated carbocycles. The molecule has 184 valence electrons. The maximum atomic E-state index is 14.6. The first-order chi connectivity index (χ1) is 13.1. The van der Waals surface area contributed by atoms with Crippen LogP contribution in [-0.2, 0) is 0 Å². The third-order valence-corrected chi connectivity index (χ3v) is 6.38. The molecule has 0 radical (unpaired) electrons. The average molecular weight is 516 g/mol. The lowest BCUT2D eigenvalue weighted by Crippen LogP contribution is -2.81. The molecule has 0 aromatic rings. The van der Waals surface area contributed by atoms with E-state index in [0.717, 1.165) is 0 Å². The van der Waals surface area contributed by atoms with Crippen molar-refractivity contribution >= 4 is 11.8 Å². The average Bonchev–Trinajstić information content (AvgIpc) is 2.50. The lowest BCUT2D eigenvalue weighted by atomic mass is 9.81. The Hall–Kier alpha value is -0.850. The Balaban J connectivity index is 2.70. The van der Waals surface area contributed by atoms with Gasteiger partial charge in [0.15, 0.2) is 0 Å². The van der Waals surface area contributed by atoms with Crippen molar-refractivity contribution in [2.75, 3.05) is 0 Å². The molecule has 4 unspecified atom stereocenters. The van der Waals surface area contributed by atoms with Gasteiger partial charge in [-0.25, -0.2) is 35.1 Å². The standard InChI is InChI=1S/C12H8F16N2S/c13-3(14)1-5(17,7(19,20)9(23,24)11(3,27)29)31-6(18)2-4(15,16)12(28,30)10(25,26)8(6,21)22/h1-2,29-30H2. The number of alkyl halides is 16. The van der Waals surface area contributed by atoms with Crippen LogP contribution in [0.1, 0.15) is 12.8 Å². The summed E-state index contributed by atoms with van der Waals surface area (Å²) in [6.45, 7) is 0. The molecule has 19 heteroatoms. The lowest BCUT2D eigenvalue weighted by Gasteiger charge is -2.54. The minimum atomic E-state index is -7.01. The molecule has 2 fully saturated rings. The highest BCUT2D eigenvalue weighted by atomic mass is 32.2. The van der Waals surface area contributed by atoms with Crippen LogP contribution in [0.15, 0.2) is 0 Å². The Morgan fingerprint density at radius 1 is 0.419 bits per heavy atom. The number of nitrogens with two attached hydrogens (primary N) is 2. The topological polar surface area (TPSA) is 52.0 Å². The first-order valence-corrected chi connectivity index (χ1v) is 8.24. The third kappa shape index (κ3) is 2.70. The second-order valence-corrected chi connectivity index (χ2v) is 8.54. The second kappa shape index (κ2) is 5.98. The highest BCUT2D eigenvalue weighted by Gasteiger charge is 2.93. The van der Waals surface area contributed by atoms with Crippen molar-refractivity contribution in [3.05, 3.63) is 0 Å². The molecule has 31 heavy (non-hydrogen) atoms. The number of rotatable bonds is 2. The largest absolute Gasteiger partial charge is 0.366 e. The fourth-order valence-electron chi connectivity index (χ4n) is 2.89. The zero-order chi connectivity index (χ0) is 25.1. The van der Waals surface area contributed by atoms with E-state index in [9.17, 15) is 70.2 Å². The fraction of sp³-hybridized carbons (Fsp3) is 1.00. The molecule has 0 aromatic carbocycles. The molecule has 0 bridgehead atoms.